The number of aryl methyl sites for hydroxylation is 1. The van der Waals surface area contributed by atoms with Crippen molar-refractivity contribution in [3.8, 4) is 0 Å². The zero-order chi connectivity index (χ0) is 11.5. The van der Waals surface area contributed by atoms with Gasteiger partial charge in [0.1, 0.15) is 5.82 Å². The molecule has 0 aromatic carbocycles. The molecule has 88 valence electrons. The van der Waals surface area contributed by atoms with Crippen molar-refractivity contribution in [2.24, 2.45) is 11.7 Å². The highest BCUT2D eigenvalue weighted by molar-refractivity contribution is 5.93. The second-order valence-corrected chi connectivity index (χ2v) is 3.92. The lowest BCUT2D eigenvalue weighted by atomic mass is 10.0. The van der Waals surface area contributed by atoms with E-state index in [4.69, 9.17) is 10.5 Å². The van der Waals surface area contributed by atoms with E-state index in [1.54, 1.807) is 6.20 Å². The number of aromatic nitrogens is 2. The van der Waals surface area contributed by atoms with Gasteiger partial charge in [-0.05, 0) is 6.42 Å². The van der Waals surface area contributed by atoms with Gasteiger partial charge >= 0.3 is 0 Å². The first-order valence-electron chi connectivity index (χ1n) is 5.38. The number of aromatic amines is 1. The van der Waals surface area contributed by atoms with Crippen molar-refractivity contribution in [1.82, 2.24) is 10.2 Å². The van der Waals surface area contributed by atoms with Crippen molar-refractivity contribution >= 4 is 11.7 Å². The maximum Gasteiger partial charge on any atom is 0.232 e. The quantitative estimate of drug-likeness (QED) is 0.667. The second-order valence-electron chi connectivity index (χ2n) is 3.92. The molecular formula is C10H16N4O2. The van der Waals surface area contributed by atoms with Gasteiger partial charge in [0.2, 0.25) is 5.91 Å². The van der Waals surface area contributed by atoms with Gasteiger partial charge in [-0.2, -0.15) is 5.10 Å². The number of hydrogen-bond acceptors (Lipinski definition) is 4. The summed E-state index contributed by atoms with van der Waals surface area (Å²) < 4.78 is 5.15. The van der Waals surface area contributed by atoms with Crippen LogP contribution in [-0.2, 0) is 16.0 Å². The number of amides is 1. The van der Waals surface area contributed by atoms with Crippen LogP contribution >= 0.6 is 0 Å². The molecule has 0 radical (unpaired) electrons. The third-order valence-electron chi connectivity index (χ3n) is 2.81. The van der Waals surface area contributed by atoms with Crippen molar-refractivity contribution in [2.45, 2.75) is 19.4 Å². The highest BCUT2D eigenvalue weighted by Gasteiger charge is 2.31. The summed E-state index contributed by atoms with van der Waals surface area (Å²) in [5.41, 5.74) is 6.75. The van der Waals surface area contributed by atoms with E-state index in [0.717, 1.165) is 12.0 Å². The summed E-state index contributed by atoms with van der Waals surface area (Å²) in [6.07, 6.45) is 2.53. The number of ether oxygens (including phenoxy) is 1. The molecule has 0 saturated carbocycles. The minimum absolute atomic E-state index is 0.107. The Kier molecular flexibility index (Phi) is 3.21. The van der Waals surface area contributed by atoms with Crippen molar-refractivity contribution in [2.75, 3.05) is 18.5 Å². The molecule has 2 unspecified atom stereocenters. The van der Waals surface area contributed by atoms with Crippen molar-refractivity contribution < 1.29 is 9.53 Å². The van der Waals surface area contributed by atoms with E-state index >= 15 is 0 Å². The second kappa shape index (κ2) is 4.63. The van der Waals surface area contributed by atoms with E-state index in [0.29, 0.717) is 19.0 Å². The van der Waals surface area contributed by atoms with Crippen molar-refractivity contribution in [3.05, 3.63) is 11.8 Å². The van der Waals surface area contributed by atoms with Gasteiger partial charge in [-0.15, -0.1) is 0 Å². The highest BCUT2D eigenvalue weighted by Crippen LogP contribution is 2.16. The van der Waals surface area contributed by atoms with Crippen molar-refractivity contribution in [3.63, 3.8) is 0 Å². The third kappa shape index (κ3) is 2.07. The molecular weight excluding hydrogens is 208 g/mol. The Bertz CT molecular complexity index is 377. The molecule has 1 aliphatic heterocycles. The lowest BCUT2D eigenvalue weighted by molar-refractivity contribution is -0.120. The fourth-order valence-electron chi connectivity index (χ4n) is 1.74. The molecule has 16 heavy (non-hydrogen) atoms. The van der Waals surface area contributed by atoms with Gasteiger partial charge in [0.15, 0.2) is 0 Å². The van der Waals surface area contributed by atoms with Gasteiger partial charge in [0, 0.05) is 11.6 Å². The van der Waals surface area contributed by atoms with E-state index in [9.17, 15) is 4.79 Å². The molecule has 1 aliphatic rings. The summed E-state index contributed by atoms with van der Waals surface area (Å²) in [6.45, 7) is 2.84. The Morgan fingerprint density at radius 3 is 3.19 bits per heavy atom. The van der Waals surface area contributed by atoms with E-state index < -0.39 is 0 Å². The molecule has 1 saturated heterocycles. The molecule has 2 atom stereocenters. The summed E-state index contributed by atoms with van der Waals surface area (Å²) in [5.74, 6) is 0.281. The summed E-state index contributed by atoms with van der Waals surface area (Å²) >= 11 is 0. The number of hydrogen-bond donors (Lipinski definition) is 3. The smallest absolute Gasteiger partial charge is 0.232 e. The molecule has 0 spiro atoms. The number of nitrogens with one attached hydrogen (secondary N) is 2. The molecule has 6 heteroatoms. The predicted octanol–water partition coefficient (Wildman–Crippen LogP) is -0.116. The normalized spacial score (nSPS) is 24.6. The third-order valence-corrected chi connectivity index (χ3v) is 2.81. The first kappa shape index (κ1) is 11.1. The van der Waals surface area contributed by atoms with E-state index in [1.807, 2.05) is 6.92 Å². The fraction of sp³-hybridized carbons (Fsp3) is 0.600. The van der Waals surface area contributed by atoms with E-state index in [1.165, 1.54) is 0 Å². The van der Waals surface area contributed by atoms with E-state index in [-0.39, 0.29) is 17.9 Å². The van der Waals surface area contributed by atoms with Gasteiger partial charge in [0.25, 0.3) is 0 Å². The Balaban J connectivity index is 2.02. The van der Waals surface area contributed by atoms with Crippen LogP contribution < -0.4 is 11.1 Å². The largest absolute Gasteiger partial charge is 0.379 e. The first-order valence-corrected chi connectivity index (χ1v) is 5.38. The number of H-pyrrole nitrogens is 1. The van der Waals surface area contributed by atoms with Crippen LogP contribution in [0, 0.1) is 5.92 Å². The number of anilines is 1. The topological polar surface area (TPSA) is 93.0 Å². The summed E-state index contributed by atoms with van der Waals surface area (Å²) in [4.78, 5) is 11.9. The SMILES string of the molecule is CCc1cn[nH]c1NC(=O)C1COCC1N. The Hall–Kier alpha value is -1.40. The molecule has 1 amide bonds. The molecule has 6 nitrogen and oxygen atoms in total. The Morgan fingerprint density at radius 2 is 2.56 bits per heavy atom. The predicted molar refractivity (Wildman–Crippen MR) is 58.9 cm³/mol. The van der Waals surface area contributed by atoms with Crippen LogP contribution in [-0.4, -0.2) is 35.4 Å². The van der Waals surface area contributed by atoms with Gasteiger partial charge in [0.05, 0.1) is 25.3 Å². The van der Waals surface area contributed by atoms with Crippen LogP contribution in [0.25, 0.3) is 0 Å². The van der Waals surface area contributed by atoms with Gasteiger partial charge in [-0.3, -0.25) is 9.89 Å². The molecule has 2 heterocycles. The van der Waals surface area contributed by atoms with Crippen LogP contribution in [0.4, 0.5) is 5.82 Å². The molecule has 0 aliphatic carbocycles. The van der Waals surface area contributed by atoms with Crippen LogP contribution in [0.15, 0.2) is 6.20 Å². The zero-order valence-corrected chi connectivity index (χ0v) is 9.19. The molecule has 1 fully saturated rings. The Labute approximate surface area is 93.5 Å². The molecule has 4 N–H and O–H groups in total. The fourth-order valence-corrected chi connectivity index (χ4v) is 1.74. The lowest BCUT2D eigenvalue weighted by Gasteiger charge is -2.12. The number of carbonyl (C=O) groups is 1. The first-order chi connectivity index (χ1) is 7.72. The summed E-state index contributed by atoms with van der Waals surface area (Å²) in [5, 5.41) is 9.45. The zero-order valence-electron chi connectivity index (χ0n) is 9.19. The lowest BCUT2D eigenvalue weighted by Crippen LogP contribution is -2.37. The molecule has 1 aromatic heterocycles. The Morgan fingerprint density at radius 1 is 1.75 bits per heavy atom. The average Bonchev–Trinajstić information content (AvgIpc) is 2.86. The van der Waals surface area contributed by atoms with Crippen LogP contribution in [0.1, 0.15) is 12.5 Å². The number of nitrogens with zero attached hydrogens (tertiary/aromatic N) is 1. The number of nitrogens with two attached hydrogens (primary N) is 1. The molecule has 1 aromatic rings. The van der Waals surface area contributed by atoms with Gasteiger partial charge in [-0.1, -0.05) is 6.92 Å². The number of rotatable bonds is 3. The summed E-state index contributed by atoms with van der Waals surface area (Å²) in [6, 6.07) is -0.215. The van der Waals surface area contributed by atoms with Gasteiger partial charge in [-0.25, -0.2) is 0 Å². The van der Waals surface area contributed by atoms with Crippen LogP contribution in [0.3, 0.4) is 0 Å². The highest BCUT2D eigenvalue weighted by atomic mass is 16.5. The summed E-state index contributed by atoms with van der Waals surface area (Å²) in [7, 11) is 0. The molecule has 2 rings (SSSR count). The standard InChI is InChI=1S/C10H16N4O2/c1-2-6-3-12-14-9(6)13-10(15)7-4-16-5-8(7)11/h3,7-8H,2,4-5,11H2,1H3,(H2,12,13,14,15). The van der Waals surface area contributed by atoms with Gasteiger partial charge < -0.3 is 15.8 Å². The maximum absolute atomic E-state index is 11.9. The minimum atomic E-state index is -0.270. The number of carbonyl (C=O) groups excluding carboxylic acids is 1. The minimum Gasteiger partial charge on any atom is -0.379 e. The van der Waals surface area contributed by atoms with Crippen molar-refractivity contribution in [1.29, 1.82) is 0 Å². The van der Waals surface area contributed by atoms with Crippen LogP contribution in [0.2, 0.25) is 0 Å². The molecule has 0 bridgehead atoms. The van der Waals surface area contributed by atoms with Crippen LogP contribution in [0.5, 0.6) is 0 Å². The monoisotopic (exact) mass is 224 g/mol. The van der Waals surface area contributed by atoms with E-state index in [2.05, 4.69) is 15.5 Å². The maximum atomic E-state index is 11.9. The average molecular weight is 224 g/mol.